The van der Waals surface area contributed by atoms with Gasteiger partial charge in [0, 0.05) is 29.3 Å². The monoisotopic (exact) mass is 268 g/mol. The minimum Gasteiger partial charge on any atom is -0.381 e. The van der Waals surface area contributed by atoms with Gasteiger partial charge in [0.1, 0.15) is 5.82 Å². The van der Waals surface area contributed by atoms with E-state index in [0.29, 0.717) is 17.1 Å². The number of piperidine rings is 1. The third kappa shape index (κ3) is 2.47. The highest BCUT2D eigenvalue weighted by Gasteiger charge is 2.35. The molecule has 0 saturated carbocycles. The maximum Gasteiger partial charge on any atom is 0.126 e. The minimum atomic E-state index is -0.275. The van der Waals surface area contributed by atoms with Gasteiger partial charge in [0.05, 0.1) is 0 Å². The van der Waals surface area contributed by atoms with E-state index >= 15 is 0 Å². The first-order valence-electron chi connectivity index (χ1n) is 6.69. The number of benzene rings is 1. The number of halogens is 2. The van der Waals surface area contributed by atoms with Gasteiger partial charge in [0.25, 0.3) is 0 Å². The van der Waals surface area contributed by atoms with Crippen LogP contribution in [0.25, 0.3) is 0 Å². The van der Waals surface area contributed by atoms with Crippen molar-refractivity contribution >= 4 is 17.3 Å². The van der Waals surface area contributed by atoms with Crippen molar-refractivity contribution in [3.63, 3.8) is 0 Å². The summed E-state index contributed by atoms with van der Waals surface area (Å²) in [6.45, 7) is 2.37. The van der Waals surface area contributed by atoms with Crippen molar-refractivity contribution in [3.05, 3.63) is 29.0 Å². The van der Waals surface area contributed by atoms with Crippen LogP contribution in [0, 0.1) is 5.82 Å². The zero-order chi connectivity index (χ0) is 12.5. The highest BCUT2D eigenvalue weighted by molar-refractivity contribution is 6.30. The van der Waals surface area contributed by atoms with Crippen LogP contribution in [0.3, 0.4) is 0 Å². The molecule has 4 heteroatoms. The second-order valence-corrected chi connectivity index (χ2v) is 5.73. The average molecular weight is 269 g/mol. The van der Waals surface area contributed by atoms with E-state index in [0.717, 1.165) is 18.7 Å². The van der Waals surface area contributed by atoms with Crippen LogP contribution in [0.1, 0.15) is 25.7 Å². The van der Waals surface area contributed by atoms with Crippen molar-refractivity contribution < 1.29 is 4.39 Å². The number of anilines is 1. The molecule has 2 unspecified atom stereocenters. The Hall–Kier alpha value is -0.800. The van der Waals surface area contributed by atoms with Gasteiger partial charge in [0.15, 0.2) is 0 Å². The van der Waals surface area contributed by atoms with Gasteiger partial charge in [-0.3, -0.25) is 4.90 Å². The topological polar surface area (TPSA) is 15.3 Å². The Morgan fingerprint density at radius 3 is 2.89 bits per heavy atom. The van der Waals surface area contributed by atoms with Crippen molar-refractivity contribution in [2.45, 2.75) is 37.8 Å². The summed E-state index contributed by atoms with van der Waals surface area (Å²) in [5.41, 5.74) is 0.803. The van der Waals surface area contributed by atoms with Crippen molar-refractivity contribution in [1.29, 1.82) is 0 Å². The zero-order valence-electron chi connectivity index (χ0n) is 10.3. The standard InChI is InChI=1S/C14H18ClFN2/c15-10-7-11(16)9-12(8-10)17-13-4-6-18-5-2-1-3-14(13)18/h7-9,13-14,17H,1-6H2. The molecule has 0 aromatic heterocycles. The Balaban J connectivity index is 1.72. The maximum atomic E-state index is 13.3. The Morgan fingerprint density at radius 1 is 1.17 bits per heavy atom. The lowest BCUT2D eigenvalue weighted by Gasteiger charge is -2.33. The smallest absolute Gasteiger partial charge is 0.126 e. The molecule has 0 amide bonds. The highest BCUT2D eigenvalue weighted by Crippen LogP contribution is 2.30. The summed E-state index contributed by atoms with van der Waals surface area (Å²) in [5, 5.41) is 3.91. The van der Waals surface area contributed by atoms with Gasteiger partial charge in [-0.25, -0.2) is 4.39 Å². The summed E-state index contributed by atoms with van der Waals surface area (Å²) in [5.74, 6) is -0.275. The van der Waals surface area contributed by atoms with Crippen LogP contribution >= 0.6 is 11.6 Å². The van der Waals surface area contributed by atoms with E-state index in [1.807, 2.05) is 0 Å². The van der Waals surface area contributed by atoms with Crippen molar-refractivity contribution in [3.8, 4) is 0 Å². The third-order valence-electron chi connectivity index (χ3n) is 4.07. The number of rotatable bonds is 2. The molecular formula is C14H18ClFN2. The molecule has 0 bridgehead atoms. The molecule has 98 valence electrons. The lowest BCUT2D eigenvalue weighted by molar-refractivity contribution is 0.193. The fourth-order valence-corrected chi connectivity index (χ4v) is 3.49. The Morgan fingerprint density at radius 2 is 2.06 bits per heavy atom. The van der Waals surface area contributed by atoms with Gasteiger partial charge >= 0.3 is 0 Å². The first-order valence-corrected chi connectivity index (χ1v) is 7.07. The Labute approximate surface area is 112 Å². The summed E-state index contributed by atoms with van der Waals surface area (Å²) < 4.78 is 13.3. The molecule has 2 heterocycles. The summed E-state index contributed by atoms with van der Waals surface area (Å²) in [4.78, 5) is 2.56. The van der Waals surface area contributed by atoms with E-state index < -0.39 is 0 Å². The van der Waals surface area contributed by atoms with Crippen LogP contribution in [0.15, 0.2) is 18.2 Å². The fourth-order valence-electron chi connectivity index (χ4n) is 3.27. The molecule has 0 radical (unpaired) electrons. The van der Waals surface area contributed by atoms with Gasteiger partial charge in [0.2, 0.25) is 0 Å². The average Bonchev–Trinajstić information content (AvgIpc) is 2.72. The SMILES string of the molecule is Fc1cc(Cl)cc(NC2CCN3CCCCC23)c1. The zero-order valence-corrected chi connectivity index (χ0v) is 11.1. The van der Waals surface area contributed by atoms with Crippen molar-refractivity contribution in [2.75, 3.05) is 18.4 Å². The lowest BCUT2D eigenvalue weighted by atomic mass is 9.99. The van der Waals surface area contributed by atoms with Crippen LogP contribution in [-0.2, 0) is 0 Å². The summed E-state index contributed by atoms with van der Waals surface area (Å²) in [7, 11) is 0. The number of nitrogens with one attached hydrogen (secondary N) is 1. The predicted octanol–water partition coefficient (Wildman–Crippen LogP) is 3.52. The quantitative estimate of drug-likeness (QED) is 0.883. The second kappa shape index (κ2) is 5.06. The number of nitrogens with zero attached hydrogens (tertiary/aromatic N) is 1. The molecule has 1 aromatic rings. The van der Waals surface area contributed by atoms with Gasteiger partial charge < -0.3 is 5.32 Å². The molecule has 2 fully saturated rings. The molecule has 0 aliphatic carbocycles. The van der Waals surface area contributed by atoms with E-state index in [4.69, 9.17) is 11.6 Å². The van der Waals surface area contributed by atoms with Gasteiger partial charge in [-0.15, -0.1) is 0 Å². The van der Waals surface area contributed by atoms with Gasteiger partial charge in [-0.2, -0.15) is 0 Å². The molecule has 0 spiro atoms. The molecule has 2 nitrogen and oxygen atoms in total. The van der Waals surface area contributed by atoms with E-state index in [-0.39, 0.29) is 5.82 Å². The fraction of sp³-hybridized carbons (Fsp3) is 0.571. The van der Waals surface area contributed by atoms with E-state index in [1.54, 1.807) is 6.07 Å². The van der Waals surface area contributed by atoms with Crippen LogP contribution in [0.5, 0.6) is 0 Å². The second-order valence-electron chi connectivity index (χ2n) is 5.30. The normalized spacial score (nSPS) is 28.1. The number of hydrogen-bond donors (Lipinski definition) is 1. The van der Waals surface area contributed by atoms with Crippen LogP contribution in [0.4, 0.5) is 10.1 Å². The third-order valence-corrected chi connectivity index (χ3v) is 4.29. The molecule has 3 rings (SSSR count). The molecule has 1 N–H and O–H groups in total. The molecule has 2 saturated heterocycles. The van der Waals surface area contributed by atoms with Gasteiger partial charge in [-0.05, 0) is 44.0 Å². The summed E-state index contributed by atoms with van der Waals surface area (Å²) >= 11 is 5.88. The van der Waals surface area contributed by atoms with E-state index in [1.165, 1.54) is 37.9 Å². The Bertz CT molecular complexity index is 418. The minimum absolute atomic E-state index is 0.275. The molecule has 2 atom stereocenters. The molecule has 2 aliphatic heterocycles. The van der Waals surface area contributed by atoms with Crippen LogP contribution < -0.4 is 5.32 Å². The summed E-state index contributed by atoms with van der Waals surface area (Å²) in [6, 6.07) is 5.71. The number of fused-ring (bicyclic) bond motifs is 1. The largest absolute Gasteiger partial charge is 0.381 e. The predicted molar refractivity (Wildman–Crippen MR) is 72.6 cm³/mol. The summed E-state index contributed by atoms with van der Waals surface area (Å²) in [6.07, 6.45) is 5.01. The van der Waals surface area contributed by atoms with Gasteiger partial charge in [-0.1, -0.05) is 18.0 Å². The van der Waals surface area contributed by atoms with E-state index in [2.05, 4.69) is 10.2 Å². The first-order chi connectivity index (χ1) is 8.72. The van der Waals surface area contributed by atoms with Crippen molar-refractivity contribution in [2.24, 2.45) is 0 Å². The van der Waals surface area contributed by atoms with E-state index in [9.17, 15) is 4.39 Å². The van der Waals surface area contributed by atoms with Crippen LogP contribution in [0.2, 0.25) is 5.02 Å². The first kappa shape index (κ1) is 12.2. The number of hydrogen-bond acceptors (Lipinski definition) is 2. The molecular weight excluding hydrogens is 251 g/mol. The highest BCUT2D eigenvalue weighted by atomic mass is 35.5. The van der Waals surface area contributed by atoms with Crippen molar-refractivity contribution in [1.82, 2.24) is 4.90 Å². The lowest BCUT2D eigenvalue weighted by Crippen LogP contribution is -2.41. The molecule has 2 aliphatic rings. The molecule has 1 aromatic carbocycles. The Kier molecular flexibility index (Phi) is 3.44. The maximum absolute atomic E-state index is 13.3. The molecule has 18 heavy (non-hydrogen) atoms. The van der Waals surface area contributed by atoms with Crippen LogP contribution in [-0.4, -0.2) is 30.1 Å².